The lowest BCUT2D eigenvalue weighted by Crippen LogP contribution is -2.14. The lowest BCUT2D eigenvalue weighted by atomic mass is 10.1. The first-order valence-electron chi connectivity index (χ1n) is 7.03. The van der Waals surface area contributed by atoms with E-state index in [2.05, 4.69) is 47.2 Å². The highest BCUT2D eigenvalue weighted by atomic mass is 79.9. The van der Waals surface area contributed by atoms with Crippen LogP contribution in [0.5, 0.6) is 11.5 Å². The van der Waals surface area contributed by atoms with Gasteiger partial charge in [0.1, 0.15) is 11.5 Å². The molecule has 1 N–H and O–H groups in total. The summed E-state index contributed by atoms with van der Waals surface area (Å²) in [4.78, 5) is 0. The van der Waals surface area contributed by atoms with Crippen molar-refractivity contribution in [2.75, 3.05) is 6.54 Å². The highest BCUT2D eigenvalue weighted by Crippen LogP contribution is 2.33. The summed E-state index contributed by atoms with van der Waals surface area (Å²) in [7, 11) is 0. The van der Waals surface area contributed by atoms with Crippen molar-refractivity contribution in [1.29, 1.82) is 0 Å². The Bertz CT molecular complexity index is 616. The van der Waals surface area contributed by atoms with Gasteiger partial charge in [0, 0.05) is 17.1 Å². The Morgan fingerprint density at radius 3 is 2.62 bits per heavy atom. The number of aryl methyl sites for hydroxylation is 1. The topological polar surface area (TPSA) is 21.3 Å². The van der Waals surface area contributed by atoms with Crippen LogP contribution in [0, 0.1) is 6.92 Å². The predicted octanol–water partition coefficient (Wildman–Crippen LogP) is 5.70. The molecule has 0 aliphatic carbocycles. The molecule has 0 aliphatic rings. The summed E-state index contributed by atoms with van der Waals surface area (Å²) in [5.74, 6) is 1.63. The zero-order valence-corrected chi connectivity index (χ0v) is 14.6. The minimum atomic E-state index is 0.683. The van der Waals surface area contributed by atoms with Gasteiger partial charge < -0.3 is 10.1 Å². The van der Waals surface area contributed by atoms with Gasteiger partial charge in [0.15, 0.2) is 0 Å². The van der Waals surface area contributed by atoms with Crippen LogP contribution in [0.2, 0.25) is 5.02 Å². The van der Waals surface area contributed by atoms with Crippen LogP contribution in [-0.4, -0.2) is 6.54 Å². The molecule has 0 unspecified atom stereocenters. The van der Waals surface area contributed by atoms with Gasteiger partial charge in [-0.2, -0.15) is 0 Å². The Morgan fingerprint density at radius 1 is 1.14 bits per heavy atom. The first kappa shape index (κ1) is 16.3. The molecule has 0 saturated carbocycles. The van der Waals surface area contributed by atoms with Gasteiger partial charge in [-0.15, -0.1) is 0 Å². The van der Waals surface area contributed by atoms with Crippen molar-refractivity contribution in [2.24, 2.45) is 0 Å². The largest absolute Gasteiger partial charge is 0.456 e. The molecule has 2 aromatic carbocycles. The molecule has 0 spiro atoms. The monoisotopic (exact) mass is 367 g/mol. The van der Waals surface area contributed by atoms with Crippen molar-refractivity contribution in [3.63, 3.8) is 0 Å². The Hall–Kier alpha value is -1.03. The minimum absolute atomic E-state index is 0.683. The lowest BCUT2D eigenvalue weighted by molar-refractivity contribution is 0.469. The first-order chi connectivity index (χ1) is 10.1. The van der Waals surface area contributed by atoms with Crippen molar-refractivity contribution in [2.45, 2.75) is 26.8 Å². The summed E-state index contributed by atoms with van der Waals surface area (Å²) < 4.78 is 6.89. The van der Waals surface area contributed by atoms with E-state index in [1.807, 2.05) is 24.3 Å². The minimum Gasteiger partial charge on any atom is -0.456 e. The second-order valence-electron chi connectivity index (χ2n) is 4.96. The predicted molar refractivity (Wildman–Crippen MR) is 92.4 cm³/mol. The molecule has 0 bridgehead atoms. The smallest absolute Gasteiger partial charge is 0.141 e. The summed E-state index contributed by atoms with van der Waals surface area (Å²) in [6.07, 6.45) is 1.12. The summed E-state index contributed by atoms with van der Waals surface area (Å²) in [6, 6.07) is 11.8. The first-order valence-corrected chi connectivity index (χ1v) is 8.20. The lowest BCUT2D eigenvalue weighted by Gasteiger charge is -2.14. The van der Waals surface area contributed by atoms with Crippen LogP contribution in [0.25, 0.3) is 0 Å². The maximum absolute atomic E-state index is 6.04. The number of halogens is 2. The Labute approximate surface area is 139 Å². The molecular weight excluding hydrogens is 350 g/mol. The van der Waals surface area contributed by atoms with E-state index in [0.29, 0.717) is 5.02 Å². The molecule has 2 rings (SSSR count). The summed E-state index contributed by atoms with van der Waals surface area (Å²) in [6.45, 7) is 6.05. The van der Waals surface area contributed by atoms with Gasteiger partial charge in [-0.1, -0.05) is 36.2 Å². The Balaban J connectivity index is 2.22. The van der Waals surface area contributed by atoms with E-state index < -0.39 is 0 Å². The van der Waals surface area contributed by atoms with E-state index in [-0.39, 0.29) is 0 Å². The number of benzene rings is 2. The van der Waals surface area contributed by atoms with Gasteiger partial charge in [-0.05, 0) is 60.1 Å². The number of hydrogen-bond donors (Lipinski definition) is 1. The van der Waals surface area contributed by atoms with Crippen LogP contribution >= 0.6 is 27.5 Å². The second-order valence-corrected chi connectivity index (χ2v) is 6.26. The summed E-state index contributed by atoms with van der Waals surface area (Å²) in [5, 5.41) is 4.10. The van der Waals surface area contributed by atoms with Crippen LogP contribution in [0.4, 0.5) is 0 Å². The van der Waals surface area contributed by atoms with Crippen LogP contribution in [-0.2, 0) is 6.54 Å². The molecule has 0 heterocycles. The highest BCUT2D eigenvalue weighted by molar-refractivity contribution is 9.10. The molecule has 2 aromatic rings. The van der Waals surface area contributed by atoms with Gasteiger partial charge in [-0.3, -0.25) is 0 Å². The molecule has 0 atom stereocenters. The standard InChI is InChI=1S/C17H19BrClNO/c1-3-8-20-11-13-9-12(2)4-6-16(13)21-17-7-5-14(19)10-15(17)18/h4-7,9-10,20H,3,8,11H2,1-2H3. The maximum atomic E-state index is 6.04. The zero-order chi connectivity index (χ0) is 15.2. The van der Waals surface area contributed by atoms with Crippen molar-refractivity contribution < 1.29 is 4.74 Å². The summed E-state index contributed by atoms with van der Waals surface area (Å²) >= 11 is 9.44. The molecule has 0 aliphatic heterocycles. The fraction of sp³-hybridized carbons (Fsp3) is 0.294. The third-order valence-corrected chi connectivity index (χ3v) is 3.93. The average Bonchev–Trinajstić information content (AvgIpc) is 2.44. The highest BCUT2D eigenvalue weighted by Gasteiger charge is 2.08. The SMILES string of the molecule is CCCNCc1cc(C)ccc1Oc1ccc(Cl)cc1Br. The normalized spacial score (nSPS) is 10.7. The van der Waals surface area contributed by atoms with Gasteiger partial charge in [0.2, 0.25) is 0 Å². The van der Waals surface area contributed by atoms with Gasteiger partial charge >= 0.3 is 0 Å². The Morgan fingerprint density at radius 2 is 1.90 bits per heavy atom. The van der Waals surface area contributed by atoms with E-state index in [0.717, 1.165) is 41.0 Å². The number of nitrogens with one attached hydrogen (secondary N) is 1. The van der Waals surface area contributed by atoms with Crippen molar-refractivity contribution >= 4 is 27.5 Å². The molecule has 0 saturated heterocycles. The number of rotatable bonds is 6. The van der Waals surface area contributed by atoms with Gasteiger partial charge in [0.25, 0.3) is 0 Å². The van der Waals surface area contributed by atoms with Crippen LogP contribution in [0.1, 0.15) is 24.5 Å². The molecule has 2 nitrogen and oxygen atoms in total. The number of hydrogen-bond acceptors (Lipinski definition) is 2. The third kappa shape index (κ3) is 4.73. The van der Waals surface area contributed by atoms with E-state index in [4.69, 9.17) is 16.3 Å². The van der Waals surface area contributed by atoms with Crippen molar-refractivity contribution in [1.82, 2.24) is 5.32 Å². The second kappa shape index (κ2) is 7.83. The maximum Gasteiger partial charge on any atom is 0.141 e. The molecular formula is C17H19BrClNO. The fourth-order valence-electron chi connectivity index (χ4n) is 2.02. The van der Waals surface area contributed by atoms with E-state index in [9.17, 15) is 0 Å². The fourth-order valence-corrected chi connectivity index (χ4v) is 2.79. The molecule has 0 amide bonds. The van der Waals surface area contributed by atoms with Crippen LogP contribution in [0.3, 0.4) is 0 Å². The van der Waals surface area contributed by atoms with Crippen LogP contribution in [0.15, 0.2) is 40.9 Å². The van der Waals surface area contributed by atoms with Gasteiger partial charge in [-0.25, -0.2) is 0 Å². The number of ether oxygens (including phenoxy) is 1. The molecule has 0 aromatic heterocycles. The Kier molecular flexibility index (Phi) is 6.09. The quantitative estimate of drug-likeness (QED) is 0.660. The van der Waals surface area contributed by atoms with E-state index in [1.54, 1.807) is 0 Å². The van der Waals surface area contributed by atoms with E-state index in [1.165, 1.54) is 5.56 Å². The van der Waals surface area contributed by atoms with E-state index >= 15 is 0 Å². The molecule has 0 fully saturated rings. The molecule has 4 heteroatoms. The molecule has 21 heavy (non-hydrogen) atoms. The van der Waals surface area contributed by atoms with Crippen molar-refractivity contribution in [3.8, 4) is 11.5 Å². The summed E-state index contributed by atoms with van der Waals surface area (Å²) in [5.41, 5.74) is 2.39. The molecule has 0 radical (unpaired) electrons. The van der Waals surface area contributed by atoms with Crippen LogP contribution < -0.4 is 10.1 Å². The third-order valence-electron chi connectivity index (χ3n) is 3.07. The van der Waals surface area contributed by atoms with Gasteiger partial charge in [0.05, 0.1) is 4.47 Å². The zero-order valence-electron chi connectivity index (χ0n) is 12.2. The van der Waals surface area contributed by atoms with Crippen molar-refractivity contribution in [3.05, 3.63) is 57.0 Å². The average molecular weight is 369 g/mol. The molecule has 112 valence electrons.